The Morgan fingerprint density at radius 2 is 2.00 bits per heavy atom. The lowest BCUT2D eigenvalue weighted by Crippen LogP contribution is -2.39. The molecule has 2 aliphatic rings. The molecule has 0 unspecified atom stereocenters. The SMILES string of the molecule is Cc1cc(C(=O)N2CCC(COc3ccc4nc(C5CC5)cn4n3)CC2)c(C)o1. The summed E-state index contributed by atoms with van der Waals surface area (Å²) in [5, 5.41) is 4.54. The summed E-state index contributed by atoms with van der Waals surface area (Å²) in [6, 6.07) is 5.69. The second kappa shape index (κ2) is 7.21. The van der Waals surface area contributed by atoms with Crippen LogP contribution in [0.5, 0.6) is 5.88 Å². The van der Waals surface area contributed by atoms with Crippen molar-refractivity contribution in [1.29, 1.82) is 0 Å². The second-order valence-electron chi connectivity index (χ2n) is 8.29. The van der Waals surface area contributed by atoms with Crippen LogP contribution in [0.25, 0.3) is 5.65 Å². The summed E-state index contributed by atoms with van der Waals surface area (Å²) in [5.74, 6) is 3.21. The molecule has 3 aromatic rings. The Kier molecular flexibility index (Phi) is 4.53. The predicted molar refractivity (Wildman–Crippen MR) is 107 cm³/mol. The molecule has 0 spiro atoms. The molecule has 2 fully saturated rings. The summed E-state index contributed by atoms with van der Waals surface area (Å²) in [6.07, 6.45) is 6.34. The number of furan rings is 1. The quantitative estimate of drug-likeness (QED) is 0.659. The Morgan fingerprint density at radius 1 is 1.21 bits per heavy atom. The lowest BCUT2D eigenvalue weighted by Gasteiger charge is -2.31. The van der Waals surface area contributed by atoms with Gasteiger partial charge in [0, 0.05) is 25.1 Å². The summed E-state index contributed by atoms with van der Waals surface area (Å²) in [6.45, 7) is 5.83. The summed E-state index contributed by atoms with van der Waals surface area (Å²) in [4.78, 5) is 19.3. The van der Waals surface area contributed by atoms with Gasteiger partial charge in [0.15, 0.2) is 5.65 Å². The van der Waals surface area contributed by atoms with Crippen LogP contribution in [0.15, 0.2) is 28.8 Å². The zero-order valence-electron chi connectivity index (χ0n) is 16.9. The van der Waals surface area contributed by atoms with E-state index in [1.165, 1.54) is 12.8 Å². The van der Waals surface area contributed by atoms with E-state index in [-0.39, 0.29) is 5.91 Å². The number of carbonyl (C=O) groups excluding carboxylic acids is 1. The second-order valence-corrected chi connectivity index (χ2v) is 8.29. The molecule has 5 rings (SSSR count). The number of fused-ring (bicyclic) bond motifs is 1. The number of hydrogen-bond acceptors (Lipinski definition) is 5. The number of likely N-dealkylation sites (tertiary alicyclic amines) is 1. The zero-order valence-corrected chi connectivity index (χ0v) is 16.9. The van der Waals surface area contributed by atoms with Crippen LogP contribution in [0.1, 0.15) is 59.2 Å². The molecule has 0 N–H and O–H groups in total. The first kappa shape index (κ1) is 18.2. The van der Waals surface area contributed by atoms with Crippen LogP contribution < -0.4 is 4.74 Å². The van der Waals surface area contributed by atoms with E-state index in [0.29, 0.717) is 35.6 Å². The van der Waals surface area contributed by atoms with Crippen molar-refractivity contribution >= 4 is 11.6 Å². The van der Waals surface area contributed by atoms with Crippen molar-refractivity contribution in [3.05, 3.63) is 47.2 Å². The molecule has 1 aliphatic carbocycles. The van der Waals surface area contributed by atoms with E-state index in [1.54, 1.807) is 0 Å². The average molecular weight is 394 g/mol. The molecule has 0 bridgehead atoms. The van der Waals surface area contributed by atoms with E-state index in [1.807, 2.05) is 47.7 Å². The normalized spacial score (nSPS) is 17.8. The molecule has 3 aromatic heterocycles. The summed E-state index contributed by atoms with van der Waals surface area (Å²) >= 11 is 0. The van der Waals surface area contributed by atoms with Crippen LogP contribution in [-0.4, -0.2) is 45.1 Å². The van der Waals surface area contributed by atoms with Crippen LogP contribution in [0, 0.1) is 19.8 Å². The van der Waals surface area contributed by atoms with Crippen molar-refractivity contribution in [2.45, 2.75) is 45.4 Å². The van der Waals surface area contributed by atoms with Gasteiger partial charge in [-0.25, -0.2) is 9.50 Å². The standard InChI is InChI=1S/C22H26N4O3/c1-14-11-18(15(2)29-14)22(27)25-9-7-16(8-10-25)13-28-21-6-5-20-23-19(17-3-4-17)12-26(20)24-21/h5-6,11-12,16-17H,3-4,7-10,13H2,1-2H3. The minimum atomic E-state index is 0.0670. The van der Waals surface area contributed by atoms with Gasteiger partial charge in [0.25, 0.3) is 5.91 Å². The summed E-state index contributed by atoms with van der Waals surface area (Å²) in [5.41, 5.74) is 2.69. The number of aryl methyl sites for hydroxylation is 2. The van der Waals surface area contributed by atoms with Crippen LogP contribution >= 0.6 is 0 Å². The molecular formula is C22H26N4O3. The zero-order chi connectivity index (χ0) is 20.0. The first-order chi connectivity index (χ1) is 14.1. The van der Waals surface area contributed by atoms with Crippen molar-refractivity contribution in [3.8, 4) is 5.88 Å². The molecule has 0 radical (unpaired) electrons. The highest BCUT2D eigenvalue weighted by molar-refractivity contribution is 5.95. The summed E-state index contributed by atoms with van der Waals surface area (Å²) < 4.78 is 13.3. The van der Waals surface area contributed by atoms with Crippen LogP contribution in [0.4, 0.5) is 0 Å². The van der Waals surface area contributed by atoms with Gasteiger partial charge in [-0.05, 0) is 57.6 Å². The molecule has 0 aromatic carbocycles. The minimum Gasteiger partial charge on any atom is -0.476 e. The number of imidazole rings is 1. The first-order valence-electron chi connectivity index (χ1n) is 10.4. The Labute approximate surface area is 169 Å². The number of aromatic nitrogens is 3. The highest BCUT2D eigenvalue weighted by atomic mass is 16.5. The lowest BCUT2D eigenvalue weighted by atomic mass is 9.97. The van der Waals surface area contributed by atoms with Crippen molar-refractivity contribution in [3.63, 3.8) is 0 Å². The van der Waals surface area contributed by atoms with Gasteiger partial charge in [-0.2, -0.15) is 0 Å². The maximum absolute atomic E-state index is 12.7. The Hall–Kier alpha value is -2.83. The van der Waals surface area contributed by atoms with Crippen molar-refractivity contribution in [2.24, 2.45) is 5.92 Å². The number of carbonyl (C=O) groups is 1. The largest absolute Gasteiger partial charge is 0.476 e. The molecule has 1 saturated heterocycles. The number of ether oxygens (including phenoxy) is 1. The molecule has 0 atom stereocenters. The van der Waals surface area contributed by atoms with E-state index in [2.05, 4.69) is 10.1 Å². The summed E-state index contributed by atoms with van der Waals surface area (Å²) in [7, 11) is 0. The van der Waals surface area contributed by atoms with Gasteiger partial charge in [0.2, 0.25) is 5.88 Å². The van der Waals surface area contributed by atoms with Crippen molar-refractivity contribution in [2.75, 3.05) is 19.7 Å². The third-order valence-corrected chi connectivity index (χ3v) is 5.95. The van der Waals surface area contributed by atoms with Gasteiger partial charge in [-0.15, -0.1) is 5.10 Å². The third kappa shape index (κ3) is 3.73. The third-order valence-electron chi connectivity index (χ3n) is 5.95. The number of amides is 1. The molecule has 29 heavy (non-hydrogen) atoms. The van der Waals surface area contributed by atoms with Crippen molar-refractivity contribution < 1.29 is 13.9 Å². The molecule has 152 valence electrons. The fourth-order valence-corrected chi connectivity index (χ4v) is 4.06. The smallest absolute Gasteiger partial charge is 0.257 e. The van der Waals surface area contributed by atoms with E-state index in [9.17, 15) is 4.79 Å². The minimum absolute atomic E-state index is 0.0670. The maximum Gasteiger partial charge on any atom is 0.257 e. The molecule has 4 heterocycles. The highest BCUT2D eigenvalue weighted by Gasteiger charge is 2.27. The van der Waals surface area contributed by atoms with E-state index in [4.69, 9.17) is 9.15 Å². The first-order valence-corrected chi connectivity index (χ1v) is 10.4. The fourth-order valence-electron chi connectivity index (χ4n) is 4.06. The van der Waals surface area contributed by atoms with Gasteiger partial charge < -0.3 is 14.1 Å². The van der Waals surface area contributed by atoms with Gasteiger partial charge >= 0.3 is 0 Å². The van der Waals surface area contributed by atoms with Gasteiger partial charge in [-0.1, -0.05) is 0 Å². The Balaban J connectivity index is 1.15. The maximum atomic E-state index is 12.7. The van der Waals surface area contributed by atoms with Crippen molar-refractivity contribution in [1.82, 2.24) is 19.5 Å². The van der Waals surface area contributed by atoms with Gasteiger partial charge in [0.1, 0.15) is 11.5 Å². The van der Waals surface area contributed by atoms with Crippen LogP contribution in [-0.2, 0) is 0 Å². The number of nitrogens with zero attached hydrogens (tertiary/aromatic N) is 4. The Bertz CT molecular complexity index is 1040. The molecule has 7 nitrogen and oxygen atoms in total. The molecule has 1 aliphatic heterocycles. The molecule has 7 heteroatoms. The topological polar surface area (TPSA) is 72.9 Å². The number of piperidine rings is 1. The molecular weight excluding hydrogens is 368 g/mol. The highest BCUT2D eigenvalue weighted by Crippen LogP contribution is 2.39. The van der Waals surface area contributed by atoms with Gasteiger partial charge in [0.05, 0.1) is 24.1 Å². The average Bonchev–Trinajstić information content (AvgIpc) is 3.40. The van der Waals surface area contributed by atoms with E-state index >= 15 is 0 Å². The predicted octanol–water partition coefficient (Wildman–Crippen LogP) is 3.75. The van der Waals surface area contributed by atoms with Gasteiger partial charge in [-0.3, -0.25) is 4.79 Å². The lowest BCUT2D eigenvalue weighted by molar-refractivity contribution is 0.0657. The van der Waals surface area contributed by atoms with Crippen LogP contribution in [0.3, 0.4) is 0 Å². The van der Waals surface area contributed by atoms with E-state index < -0.39 is 0 Å². The molecule has 1 amide bonds. The number of rotatable bonds is 5. The van der Waals surface area contributed by atoms with E-state index in [0.717, 1.165) is 43.0 Å². The monoisotopic (exact) mass is 394 g/mol. The number of hydrogen-bond donors (Lipinski definition) is 0. The molecule has 1 saturated carbocycles. The van der Waals surface area contributed by atoms with Crippen LogP contribution in [0.2, 0.25) is 0 Å². The Morgan fingerprint density at radius 3 is 2.69 bits per heavy atom. The fraction of sp³-hybridized carbons (Fsp3) is 0.500.